The average Bonchev–Trinajstić information content (AvgIpc) is 2.93. The van der Waals surface area contributed by atoms with Gasteiger partial charge in [0, 0.05) is 17.3 Å². The summed E-state index contributed by atoms with van der Waals surface area (Å²) < 4.78 is 7.77. The van der Waals surface area contributed by atoms with Gasteiger partial charge in [0.25, 0.3) is 0 Å². The molecule has 132 valence electrons. The third-order valence-corrected chi connectivity index (χ3v) is 4.93. The van der Waals surface area contributed by atoms with E-state index in [1.165, 1.54) is 11.1 Å². The van der Waals surface area contributed by atoms with Crippen molar-refractivity contribution in [3.8, 4) is 5.75 Å². The number of hydrogen-bond donors (Lipinski definition) is 0. The van der Waals surface area contributed by atoms with Crippen LogP contribution in [-0.2, 0) is 22.6 Å². The number of amides is 2. The number of benzene rings is 2. The van der Waals surface area contributed by atoms with E-state index < -0.39 is 0 Å². The molecule has 1 heterocycles. The fourth-order valence-corrected chi connectivity index (χ4v) is 2.81. The van der Waals surface area contributed by atoms with Crippen LogP contribution in [0.25, 0.3) is 0 Å². The second kappa shape index (κ2) is 9.73. The van der Waals surface area contributed by atoms with Gasteiger partial charge in [-0.1, -0.05) is 47.1 Å². The fraction of sp³-hybridized carbons (Fsp3) is 0.263. The first-order valence-corrected chi connectivity index (χ1v) is 9.47. The Labute approximate surface area is 164 Å². The van der Waals surface area contributed by atoms with E-state index in [2.05, 4.69) is 63.3 Å². The first kappa shape index (κ1) is 19.7. The number of rotatable bonds is 4. The van der Waals surface area contributed by atoms with Crippen molar-refractivity contribution in [3.05, 3.63) is 64.1 Å². The van der Waals surface area contributed by atoms with Crippen molar-refractivity contribution >= 4 is 43.9 Å². The van der Waals surface area contributed by atoms with Gasteiger partial charge in [0.05, 0.1) is 16.1 Å². The zero-order valence-electron chi connectivity index (χ0n) is 13.9. The lowest BCUT2D eigenvalue weighted by atomic mass is 10.1. The lowest BCUT2D eigenvalue weighted by Crippen LogP contribution is -2.16. The Hall–Kier alpha value is -1.66. The highest BCUT2D eigenvalue weighted by molar-refractivity contribution is 9.10. The molecule has 0 aliphatic carbocycles. The summed E-state index contributed by atoms with van der Waals surface area (Å²) in [6.45, 7) is 2.78. The Balaban J connectivity index is 0.000000236. The van der Waals surface area contributed by atoms with Gasteiger partial charge in [-0.05, 0) is 41.8 Å². The van der Waals surface area contributed by atoms with Crippen LogP contribution in [0.15, 0.2) is 53.0 Å². The number of carbonyl (C=O) groups is 2. The monoisotopic (exact) mass is 467 g/mol. The highest BCUT2D eigenvalue weighted by Crippen LogP contribution is 2.18. The average molecular weight is 469 g/mol. The van der Waals surface area contributed by atoms with Gasteiger partial charge in [-0.3, -0.25) is 9.59 Å². The van der Waals surface area contributed by atoms with Gasteiger partial charge in [0.2, 0.25) is 11.8 Å². The molecule has 0 unspecified atom stereocenters. The molecule has 1 saturated heterocycles. The summed E-state index contributed by atoms with van der Waals surface area (Å²) in [4.78, 5) is 20.9. The molecule has 6 heteroatoms. The van der Waals surface area contributed by atoms with Gasteiger partial charge >= 0.3 is 0 Å². The molecule has 2 aromatic rings. The van der Waals surface area contributed by atoms with Gasteiger partial charge in [-0.15, -0.1) is 0 Å². The number of halogens is 2. The Morgan fingerprint density at radius 2 is 1.60 bits per heavy atom. The highest BCUT2D eigenvalue weighted by atomic mass is 79.9. The summed E-state index contributed by atoms with van der Waals surface area (Å²) in [5, 5.41) is 0. The second-order valence-corrected chi connectivity index (χ2v) is 7.11. The topological polar surface area (TPSA) is 46.6 Å². The van der Waals surface area contributed by atoms with Crippen LogP contribution < -0.4 is 4.74 Å². The molecule has 1 fully saturated rings. The predicted molar refractivity (Wildman–Crippen MR) is 104 cm³/mol. The van der Waals surface area contributed by atoms with Crippen molar-refractivity contribution in [1.29, 1.82) is 0 Å². The maximum absolute atomic E-state index is 10.4. The van der Waals surface area contributed by atoms with Crippen LogP contribution >= 0.6 is 32.1 Å². The predicted octanol–water partition coefficient (Wildman–Crippen LogP) is 5.04. The van der Waals surface area contributed by atoms with Crippen LogP contribution in [0, 0.1) is 0 Å². The van der Waals surface area contributed by atoms with Gasteiger partial charge < -0.3 is 4.74 Å². The Bertz CT molecular complexity index is 716. The highest BCUT2D eigenvalue weighted by Gasteiger charge is 2.26. The SMILES string of the molecule is CCc1cccc(COc2ccc(Br)cc2)c1.O=C1CCC(=O)N1Br. The molecule has 0 radical (unpaired) electrons. The van der Waals surface area contributed by atoms with E-state index in [-0.39, 0.29) is 11.8 Å². The summed E-state index contributed by atoms with van der Waals surface area (Å²) in [5.74, 6) is 0.611. The maximum Gasteiger partial charge on any atom is 0.239 e. The third kappa shape index (κ3) is 6.29. The first-order valence-electron chi connectivity index (χ1n) is 7.97. The van der Waals surface area contributed by atoms with Crippen LogP contribution in [-0.4, -0.2) is 15.7 Å². The largest absolute Gasteiger partial charge is 0.489 e. The minimum atomic E-state index is -0.144. The van der Waals surface area contributed by atoms with Crippen LogP contribution in [0.2, 0.25) is 0 Å². The Kier molecular flexibility index (Phi) is 7.65. The molecule has 3 rings (SSSR count). The summed E-state index contributed by atoms with van der Waals surface area (Å²) in [5.41, 5.74) is 2.56. The van der Waals surface area contributed by atoms with Crippen LogP contribution in [0.1, 0.15) is 30.9 Å². The number of imide groups is 1. The summed E-state index contributed by atoms with van der Waals surface area (Å²) >= 11 is 6.21. The van der Waals surface area contributed by atoms with E-state index in [1.54, 1.807) is 0 Å². The number of ether oxygens (including phenoxy) is 1. The van der Waals surface area contributed by atoms with Crippen LogP contribution in [0.4, 0.5) is 0 Å². The van der Waals surface area contributed by atoms with Gasteiger partial charge in [0.15, 0.2) is 0 Å². The fourth-order valence-electron chi connectivity index (χ4n) is 2.19. The molecule has 0 atom stereocenters. The van der Waals surface area contributed by atoms with E-state index in [1.807, 2.05) is 24.3 Å². The smallest absolute Gasteiger partial charge is 0.239 e. The summed E-state index contributed by atoms with van der Waals surface area (Å²) in [6, 6.07) is 16.4. The van der Waals surface area contributed by atoms with Gasteiger partial charge in [-0.25, -0.2) is 3.93 Å². The van der Waals surface area contributed by atoms with Crippen LogP contribution in [0.3, 0.4) is 0 Å². The second-order valence-electron chi connectivity index (χ2n) is 5.48. The van der Waals surface area contributed by atoms with Crippen molar-refractivity contribution < 1.29 is 14.3 Å². The van der Waals surface area contributed by atoms with E-state index >= 15 is 0 Å². The third-order valence-electron chi connectivity index (χ3n) is 3.61. The Morgan fingerprint density at radius 1 is 1.00 bits per heavy atom. The standard InChI is InChI=1S/C15H15BrO.C4H4BrNO2/c1-2-12-4-3-5-13(10-12)11-17-15-8-6-14(16)7-9-15;5-6-3(7)1-2-4(6)8/h3-10H,2,11H2,1H3;1-2H2. The minimum Gasteiger partial charge on any atom is -0.489 e. The van der Waals surface area contributed by atoms with E-state index in [0.717, 1.165) is 20.6 Å². The molecule has 1 aliphatic rings. The lowest BCUT2D eigenvalue weighted by molar-refractivity contribution is -0.131. The van der Waals surface area contributed by atoms with Crippen molar-refractivity contribution in [2.24, 2.45) is 0 Å². The summed E-state index contributed by atoms with van der Waals surface area (Å²) in [6.07, 6.45) is 1.76. The van der Waals surface area contributed by atoms with Gasteiger partial charge in [0.1, 0.15) is 12.4 Å². The zero-order valence-corrected chi connectivity index (χ0v) is 17.0. The molecule has 0 N–H and O–H groups in total. The summed E-state index contributed by atoms with van der Waals surface area (Å²) in [7, 11) is 0. The number of aryl methyl sites for hydroxylation is 1. The molecule has 0 bridgehead atoms. The quantitative estimate of drug-likeness (QED) is 0.466. The Morgan fingerprint density at radius 3 is 2.12 bits per heavy atom. The zero-order chi connectivity index (χ0) is 18.2. The normalized spacial score (nSPS) is 13.5. The van der Waals surface area contributed by atoms with E-state index in [4.69, 9.17) is 4.74 Å². The number of hydrogen-bond acceptors (Lipinski definition) is 3. The van der Waals surface area contributed by atoms with Crippen molar-refractivity contribution in [1.82, 2.24) is 3.93 Å². The number of carbonyl (C=O) groups excluding carboxylic acids is 2. The number of nitrogens with zero attached hydrogens (tertiary/aromatic N) is 1. The van der Waals surface area contributed by atoms with Crippen molar-refractivity contribution in [3.63, 3.8) is 0 Å². The molecule has 4 nitrogen and oxygen atoms in total. The molecular formula is C19H19Br2NO3. The van der Waals surface area contributed by atoms with Crippen LogP contribution in [0.5, 0.6) is 5.75 Å². The van der Waals surface area contributed by atoms with Crippen molar-refractivity contribution in [2.75, 3.05) is 0 Å². The molecule has 2 amide bonds. The molecule has 2 aromatic carbocycles. The molecule has 1 aliphatic heterocycles. The molecule has 25 heavy (non-hydrogen) atoms. The maximum atomic E-state index is 10.4. The molecule has 0 aromatic heterocycles. The van der Waals surface area contributed by atoms with E-state index in [0.29, 0.717) is 19.4 Å². The van der Waals surface area contributed by atoms with E-state index in [9.17, 15) is 9.59 Å². The molecule has 0 saturated carbocycles. The first-order chi connectivity index (χ1) is 12.0. The lowest BCUT2D eigenvalue weighted by Gasteiger charge is -2.07. The minimum absolute atomic E-state index is 0.144. The van der Waals surface area contributed by atoms with Gasteiger partial charge in [-0.2, -0.15) is 0 Å². The molecular weight excluding hydrogens is 450 g/mol. The molecule has 0 spiro atoms. The van der Waals surface area contributed by atoms with Crippen molar-refractivity contribution in [2.45, 2.75) is 32.8 Å².